The lowest BCUT2D eigenvalue weighted by Crippen LogP contribution is -2.37. The molecule has 28 heavy (non-hydrogen) atoms. The van der Waals surface area contributed by atoms with Crippen LogP contribution in [0.4, 0.5) is 9.18 Å². The summed E-state index contributed by atoms with van der Waals surface area (Å²) in [5.41, 5.74) is 0.646. The van der Waals surface area contributed by atoms with E-state index in [1.807, 2.05) is 0 Å². The molecule has 3 amide bonds. The summed E-state index contributed by atoms with van der Waals surface area (Å²) in [7, 11) is 1.51. The summed E-state index contributed by atoms with van der Waals surface area (Å²) in [6.07, 6.45) is 1.36. The van der Waals surface area contributed by atoms with Gasteiger partial charge < -0.3 is 10.1 Å². The van der Waals surface area contributed by atoms with Crippen molar-refractivity contribution in [2.24, 2.45) is 0 Å². The van der Waals surface area contributed by atoms with Gasteiger partial charge in [0.2, 0.25) is 0 Å². The Bertz CT molecular complexity index is 961. The summed E-state index contributed by atoms with van der Waals surface area (Å²) in [6.45, 7) is 0.121. The van der Waals surface area contributed by atoms with Gasteiger partial charge in [-0.1, -0.05) is 24.3 Å². The van der Waals surface area contributed by atoms with Crippen molar-refractivity contribution in [3.63, 3.8) is 0 Å². The number of halogens is 1. The number of hydrogen-bond donors (Lipinski definition) is 1. The summed E-state index contributed by atoms with van der Waals surface area (Å²) in [5, 5.41) is 2.21. The standard InChI is InChI=1S/C20H17FN2O4S/c1-27-15-7-4-6-14(11-15)18(24)22-9-10-23-19(25)17(28-20(23)26)12-13-5-2-3-8-16(13)21/h2-8,11-12H,9-10H2,1H3,(H,22,24)/b17-12-. The summed E-state index contributed by atoms with van der Waals surface area (Å²) < 4.78 is 18.8. The van der Waals surface area contributed by atoms with E-state index >= 15 is 0 Å². The van der Waals surface area contributed by atoms with Crippen molar-refractivity contribution >= 4 is 34.9 Å². The van der Waals surface area contributed by atoms with Gasteiger partial charge >= 0.3 is 0 Å². The third kappa shape index (κ3) is 4.40. The fourth-order valence-corrected chi connectivity index (χ4v) is 3.43. The van der Waals surface area contributed by atoms with Gasteiger partial charge in [-0.05, 0) is 42.1 Å². The van der Waals surface area contributed by atoms with Crippen LogP contribution in [-0.4, -0.2) is 42.2 Å². The number of nitrogens with zero attached hydrogens (tertiary/aromatic N) is 1. The number of rotatable bonds is 6. The number of amides is 3. The number of carbonyl (C=O) groups excluding carboxylic acids is 3. The topological polar surface area (TPSA) is 75.7 Å². The summed E-state index contributed by atoms with van der Waals surface area (Å²) in [5.74, 6) is -0.765. The number of thioether (sulfide) groups is 1. The lowest BCUT2D eigenvalue weighted by Gasteiger charge is -2.13. The van der Waals surface area contributed by atoms with Gasteiger partial charge in [0.05, 0.1) is 12.0 Å². The Morgan fingerprint density at radius 3 is 2.75 bits per heavy atom. The van der Waals surface area contributed by atoms with Crippen molar-refractivity contribution in [2.45, 2.75) is 0 Å². The maximum absolute atomic E-state index is 13.8. The van der Waals surface area contributed by atoms with Crippen LogP contribution in [0.15, 0.2) is 53.4 Å². The molecule has 144 valence electrons. The molecule has 1 heterocycles. The van der Waals surface area contributed by atoms with Crippen LogP contribution in [0, 0.1) is 5.82 Å². The average Bonchev–Trinajstić information content (AvgIpc) is 2.97. The summed E-state index contributed by atoms with van der Waals surface area (Å²) in [4.78, 5) is 37.9. The molecule has 0 bridgehead atoms. The first kappa shape index (κ1) is 19.6. The second kappa shape index (κ2) is 8.71. The summed E-state index contributed by atoms with van der Waals surface area (Å²) >= 11 is 0.748. The molecule has 0 unspecified atom stereocenters. The van der Waals surface area contributed by atoms with Gasteiger partial charge in [0.1, 0.15) is 11.6 Å². The second-order valence-electron chi connectivity index (χ2n) is 5.84. The fraction of sp³-hybridized carbons (Fsp3) is 0.150. The van der Waals surface area contributed by atoms with Crippen molar-refractivity contribution in [3.8, 4) is 5.75 Å². The number of nitrogens with one attached hydrogen (secondary N) is 1. The minimum absolute atomic E-state index is 0.0228. The Balaban J connectivity index is 1.60. The molecule has 0 aliphatic carbocycles. The highest BCUT2D eigenvalue weighted by molar-refractivity contribution is 8.18. The maximum Gasteiger partial charge on any atom is 0.293 e. The molecule has 0 radical (unpaired) electrons. The zero-order chi connectivity index (χ0) is 20.1. The van der Waals surface area contributed by atoms with E-state index in [1.54, 1.807) is 36.4 Å². The van der Waals surface area contributed by atoms with E-state index in [0.29, 0.717) is 11.3 Å². The average molecular weight is 400 g/mol. The van der Waals surface area contributed by atoms with Gasteiger partial charge in [0.25, 0.3) is 17.1 Å². The van der Waals surface area contributed by atoms with E-state index in [1.165, 1.54) is 25.3 Å². The predicted molar refractivity (Wildman–Crippen MR) is 104 cm³/mol. The highest BCUT2D eigenvalue weighted by Gasteiger charge is 2.34. The molecule has 0 atom stereocenters. The third-order valence-corrected chi connectivity index (χ3v) is 4.93. The van der Waals surface area contributed by atoms with E-state index in [9.17, 15) is 18.8 Å². The molecule has 0 saturated carbocycles. The van der Waals surface area contributed by atoms with Crippen LogP contribution in [0.5, 0.6) is 5.75 Å². The SMILES string of the molecule is COc1cccc(C(=O)NCCN2C(=O)S/C(=C\c3ccccc3F)C2=O)c1. The van der Waals surface area contributed by atoms with Crippen LogP contribution in [-0.2, 0) is 4.79 Å². The van der Waals surface area contributed by atoms with Gasteiger partial charge in [0, 0.05) is 24.2 Å². The molecular weight excluding hydrogens is 383 g/mol. The first-order valence-electron chi connectivity index (χ1n) is 8.42. The summed E-state index contributed by atoms with van der Waals surface area (Å²) in [6, 6.07) is 12.6. The number of carbonyl (C=O) groups is 3. The first-order valence-corrected chi connectivity index (χ1v) is 9.23. The van der Waals surface area contributed by atoms with Gasteiger partial charge in [-0.2, -0.15) is 0 Å². The molecule has 3 rings (SSSR count). The molecule has 0 aromatic heterocycles. The van der Waals surface area contributed by atoms with Crippen LogP contribution < -0.4 is 10.1 Å². The quantitative estimate of drug-likeness (QED) is 0.753. The van der Waals surface area contributed by atoms with Gasteiger partial charge in [0.15, 0.2) is 0 Å². The lowest BCUT2D eigenvalue weighted by atomic mass is 10.2. The van der Waals surface area contributed by atoms with Crippen LogP contribution in [0.3, 0.4) is 0 Å². The Morgan fingerprint density at radius 1 is 1.21 bits per heavy atom. The molecule has 2 aromatic rings. The van der Waals surface area contributed by atoms with E-state index < -0.39 is 17.0 Å². The molecule has 1 fully saturated rings. The van der Waals surface area contributed by atoms with Gasteiger partial charge in [-0.3, -0.25) is 19.3 Å². The number of imide groups is 1. The van der Waals surface area contributed by atoms with Crippen molar-refractivity contribution in [2.75, 3.05) is 20.2 Å². The Hall–Kier alpha value is -3.13. The van der Waals surface area contributed by atoms with E-state index in [-0.39, 0.29) is 29.5 Å². The molecule has 1 N–H and O–H groups in total. The lowest BCUT2D eigenvalue weighted by molar-refractivity contribution is -0.122. The fourth-order valence-electron chi connectivity index (χ4n) is 2.57. The molecule has 1 aliphatic rings. The Labute approximate surface area is 165 Å². The first-order chi connectivity index (χ1) is 13.5. The minimum atomic E-state index is -0.506. The van der Waals surface area contributed by atoms with Crippen molar-refractivity contribution in [1.29, 1.82) is 0 Å². The Morgan fingerprint density at radius 2 is 2.00 bits per heavy atom. The number of benzene rings is 2. The third-order valence-electron chi connectivity index (χ3n) is 4.02. The zero-order valence-electron chi connectivity index (χ0n) is 15.0. The molecule has 0 spiro atoms. The molecule has 6 nitrogen and oxygen atoms in total. The predicted octanol–water partition coefficient (Wildman–Crippen LogP) is 3.30. The van der Waals surface area contributed by atoms with E-state index in [0.717, 1.165) is 16.7 Å². The van der Waals surface area contributed by atoms with Crippen LogP contribution in [0.2, 0.25) is 0 Å². The highest BCUT2D eigenvalue weighted by atomic mass is 32.2. The molecular formula is C20H17FN2O4S. The van der Waals surface area contributed by atoms with Crippen molar-refractivity contribution in [1.82, 2.24) is 10.2 Å². The maximum atomic E-state index is 13.8. The van der Waals surface area contributed by atoms with Gasteiger partial charge in [-0.25, -0.2) is 4.39 Å². The number of hydrogen-bond acceptors (Lipinski definition) is 5. The number of ether oxygens (including phenoxy) is 1. The van der Waals surface area contributed by atoms with Crippen LogP contribution in [0.1, 0.15) is 15.9 Å². The van der Waals surface area contributed by atoms with E-state index in [4.69, 9.17) is 4.74 Å². The van der Waals surface area contributed by atoms with Crippen LogP contribution in [0.25, 0.3) is 6.08 Å². The normalized spacial score (nSPS) is 15.2. The molecule has 1 saturated heterocycles. The second-order valence-corrected chi connectivity index (χ2v) is 6.84. The molecule has 1 aliphatic heterocycles. The monoisotopic (exact) mass is 400 g/mol. The van der Waals surface area contributed by atoms with Crippen molar-refractivity contribution in [3.05, 3.63) is 70.4 Å². The van der Waals surface area contributed by atoms with Crippen LogP contribution >= 0.6 is 11.8 Å². The highest BCUT2D eigenvalue weighted by Crippen LogP contribution is 2.32. The molecule has 8 heteroatoms. The van der Waals surface area contributed by atoms with E-state index in [2.05, 4.69) is 5.32 Å². The number of methoxy groups -OCH3 is 1. The molecule has 2 aromatic carbocycles. The van der Waals surface area contributed by atoms with Crippen molar-refractivity contribution < 1.29 is 23.5 Å². The Kier molecular flexibility index (Phi) is 6.10. The largest absolute Gasteiger partial charge is 0.497 e. The minimum Gasteiger partial charge on any atom is -0.497 e. The van der Waals surface area contributed by atoms with Gasteiger partial charge in [-0.15, -0.1) is 0 Å². The smallest absolute Gasteiger partial charge is 0.293 e. The zero-order valence-corrected chi connectivity index (χ0v) is 15.8.